The van der Waals surface area contributed by atoms with Gasteiger partial charge in [-0.2, -0.15) is 0 Å². The van der Waals surface area contributed by atoms with Crippen molar-refractivity contribution in [3.05, 3.63) is 69.9 Å². The van der Waals surface area contributed by atoms with E-state index >= 15 is 0 Å². The van der Waals surface area contributed by atoms with Crippen LogP contribution in [0.5, 0.6) is 0 Å². The average Bonchev–Trinajstić information content (AvgIpc) is 2.70. The highest BCUT2D eigenvalue weighted by molar-refractivity contribution is 9.10. The Labute approximate surface area is 184 Å². The highest BCUT2D eigenvalue weighted by Crippen LogP contribution is 2.27. The van der Waals surface area contributed by atoms with Crippen molar-refractivity contribution >= 4 is 39.9 Å². The molecule has 0 saturated carbocycles. The SMILES string of the molecule is Cl.O=C(CCCN1CCC(O)(C(=O)c2ccc(Br)cc2)CC1)c1ccc(F)cc1. The van der Waals surface area contributed by atoms with E-state index in [1.807, 2.05) is 0 Å². The summed E-state index contributed by atoms with van der Waals surface area (Å²) in [6, 6.07) is 12.6. The molecule has 0 amide bonds. The Morgan fingerprint density at radius 2 is 1.55 bits per heavy atom. The molecule has 29 heavy (non-hydrogen) atoms. The van der Waals surface area contributed by atoms with Crippen molar-refractivity contribution < 1.29 is 19.1 Å². The normalized spacial score (nSPS) is 16.1. The Balaban J connectivity index is 0.00000300. The number of hydrogen-bond donors (Lipinski definition) is 1. The van der Waals surface area contributed by atoms with Gasteiger partial charge in [-0.3, -0.25) is 9.59 Å². The summed E-state index contributed by atoms with van der Waals surface area (Å²) in [4.78, 5) is 27.0. The molecule has 7 heteroatoms. The number of aliphatic hydroxyl groups is 1. The van der Waals surface area contributed by atoms with Crippen molar-refractivity contribution in [3.8, 4) is 0 Å². The van der Waals surface area contributed by atoms with Gasteiger partial charge in [-0.15, -0.1) is 12.4 Å². The molecule has 2 aromatic rings. The minimum atomic E-state index is -1.33. The number of benzene rings is 2. The molecule has 0 radical (unpaired) electrons. The van der Waals surface area contributed by atoms with Crippen molar-refractivity contribution in [2.75, 3.05) is 19.6 Å². The fourth-order valence-corrected chi connectivity index (χ4v) is 3.75. The number of nitrogens with zero attached hydrogens (tertiary/aromatic N) is 1. The van der Waals surface area contributed by atoms with Crippen LogP contribution in [-0.4, -0.2) is 46.8 Å². The zero-order valence-electron chi connectivity index (χ0n) is 15.9. The van der Waals surface area contributed by atoms with E-state index in [4.69, 9.17) is 0 Å². The molecule has 0 aliphatic carbocycles. The number of likely N-dealkylation sites (tertiary alicyclic amines) is 1. The standard InChI is InChI=1S/C22H23BrFNO3.ClH/c23-18-7-3-17(4-8-18)21(27)22(28)11-14-25(15-12-22)13-1-2-20(26)16-5-9-19(24)10-6-16;/h3-10,28H,1-2,11-15H2;1H. The zero-order valence-corrected chi connectivity index (χ0v) is 18.3. The van der Waals surface area contributed by atoms with Crippen molar-refractivity contribution in [2.24, 2.45) is 0 Å². The van der Waals surface area contributed by atoms with Crippen molar-refractivity contribution in [1.29, 1.82) is 0 Å². The summed E-state index contributed by atoms with van der Waals surface area (Å²) in [6.45, 7) is 1.96. The molecule has 0 aromatic heterocycles. The second-order valence-corrected chi connectivity index (χ2v) is 8.16. The van der Waals surface area contributed by atoms with Gasteiger partial charge in [-0.05, 0) is 62.2 Å². The summed E-state index contributed by atoms with van der Waals surface area (Å²) in [5.74, 6) is -0.583. The Hall–Kier alpha value is -1.60. The molecule has 4 nitrogen and oxygen atoms in total. The minimum absolute atomic E-state index is 0. The zero-order chi connectivity index (χ0) is 20.1. The molecule has 156 valence electrons. The van der Waals surface area contributed by atoms with Gasteiger partial charge in [0, 0.05) is 35.1 Å². The third-order valence-electron chi connectivity index (χ3n) is 5.26. The quantitative estimate of drug-likeness (QED) is 0.580. The summed E-state index contributed by atoms with van der Waals surface area (Å²) in [6.07, 6.45) is 1.85. The summed E-state index contributed by atoms with van der Waals surface area (Å²) in [5.41, 5.74) is -0.285. The van der Waals surface area contributed by atoms with Crippen LogP contribution < -0.4 is 0 Å². The van der Waals surface area contributed by atoms with E-state index in [-0.39, 0.29) is 29.8 Å². The van der Waals surface area contributed by atoms with Gasteiger partial charge in [0.25, 0.3) is 0 Å². The molecule has 1 fully saturated rings. The molecule has 0 bridgehead atoms. The van der Waals surface area contributed by atoms with E-state index in [9.17, 15) is 19.1 Å². The van der Waals surface area contributed by atoms with Crippen LogP contribution in [-0.2, 0) is 0 Å². The van der Waals surface area contributed by atoms with Crippen LogP contribution in [0.25, 0.3) is 0 Å². The molecule has 1 aliphatic heterocycles. The third-order valence-corrected chi connectivity index (χ3v) is 5.79. The lowest BCUT2D eigenvalue weighted by Crippen LogP contribution is -2.49. The number of ketones is 2. The summed E-state index contributed by atoms with van der Waals surface area (Å²) in [7, 11) is 0. The molecule has 2 aromatic carbocycles. The van der Waals surface area contributed by atoms with Crippen LogP contribution in [0, 0.1) is 5.82 Å². The number of hydrogen-bond acceptors (Lipinski definition) is 4. The number of rotatable bonds is 7. The maximum absolute atomic E-state index is 12.9. The van der Waals surface area contributed by atoms with Crippen molar-refractivity contribution in [1.82, 2.24) is 4.90 Å². The average molecular weight is 485 g/mol. The monoisotopic (exact) mass is 483 g/mol. The fraction of sp³-hybridized carbons (Fsp3) is 0.364. The van der Waals surface area contributed by atoms with Gasteiger partial charge in [-0.1, -0.05) is 28.1 Å². The maximum Gasteiger partial charge on any atom is 0.194 e. The van der Waals surface area contributed by atoms with Gasteiger partial charge in [0.15, 0.2) is 11.6 Å². The first kappa shape index (κ1) is 23.7. The van der Waals surface area contributed by atoms with Gasteiger partial charge in [0.05, 0.1) is 0 Å². The van der Waals surface area contributed by atoms with Crippen LogP contribution in [0.1, 0.15) is 46.4 Å². The second kappa shape index (κ2) is 10.4. The molecule has 0 spiro atoms. The van der Waals surface area contributed by atoms with E-state index in [0.717, 1.165) is 11.0 Å². The molecule has 1 saturated heterocycles. The maximum atomic E-state index is 12.9. The van der Waals surface area contributed by atoms with Crippen molar-refractivity contribution in [2.45, 2.75) is 31.3 Å². The molecule has 1 N–H and O–H groups in total. The van der Waals surface area contributed by atoms with E-state index in [2.05, 4.69) is 20.8 Å². The van der Waals surface area contributed by atoms with Gasteiger partial charge >= 0.3 is 0 Å². The number of halogens is 3. The highest BCUT2D eigenvalue weighted by atomic mass is 79.9. The first-order valence-electron chi connectivity index (χ1n) is 9.41. The van der Waals surface area contributed by atoms with Crippen molar-refractivity contribution in [3.63, 3.8) is 0 Å². The van der Waals surface area contributed by atoms with Gasteiger partial charge in [0.1, 0.15) is 11.4 Å². The molecule has 1 aliphatic rings. The number of Topliss-reactive ketones (excluding diaryl/α,β-unsaturated/α-hetero) is 2. The molecule has 0 unspecified atom stereocenters. The number of piperidine rings is 1. The first-order chi connectivity index (χ1) is 13.4. The third kappa shape index (κ3) is 6.19. The molecule has 3 rings (SSSR count). The second-order valence-electron chi connectivity index (χ2n) is 7.24. The van der Waals surface area contributed by atoms with E-state index in [1.54, 1.807) is 24.3 Å². The minimum Gasteiger partial charge on any atom is -0.382 e. The summed E-state index contributed by atoms with van der Waals surface area (Å²) >= 11 is 3.34. The first-order valence-corrected chi connectivity index (χ1v) is 10.2. The van der Waals surface area contributed by atoms with E-state index < -0.39 is 5.60 Å². The lowest BCUT2D eigenvalue weighted by molar-refractivity contribution is -0.00648. The Kier molecular flexibility index (Phi) is 8.52. The molecular weight excluding hydrogens is 461 g/mol. The smallest absolute Gasteiger partial charge is 0.194 e. The van der Waals surface area contributed by atoms with Crippen LogP contribution >= 0.6 is 28.3 Å². The van der Waals surface area contributed by atoms with Gasteiger partial charge < -0.3 is 10.0 Å². The Morgan fingerprint density at radius 3 is 2.14 bits per heavy atom. The summed E-state index contributed by atoms with van der Waals surface area (Å²) in [5, 5.41) is 10.8. The van der Waals surface area contributed by atoms with Crippen LogP contribution in [0.4, 0.5) is 4.39 Å². The van der Waals surface area contributed by atoms with Crippen LogP contribution in [0.2, 0.25) is 0 Å². The largest absolute Gasteiger partial charge is 0.382 e. The van der Waals surface area contributed by atoms with E-state index in [1.165, 1.54) is 24.3 Å². The molecule has 0 atom stereocenters. The number of carbonyl (C=O) groups is 2. The van der Waals surface area contributed by atoms with Gasteiger partial charge in [0.2, 0.25) is 0 Å². The topological polar surface area (TPSA) is 57.6 Å². The predicted octanol–water partition coefficient (Wildman–Crippen LogP) is 4.68. The van der Waals surface area contributed by atoms with E-state index in [0.29, 0.717) is 49.9 Å². The molecule has 1 heterocycles. The molecular formula is C22H24BrClFNO3. The Bertz CT molecular complexity index is 834. The van der Waals surface area contributed by atoms with Crippen LogP contribution in [0.15, 0.2) is 53.0 Å². The lowest BCUT2D eigenvalue weighted by atomic mass is 9.84. The van der Waals surface area contributed by atoms with Gasteiger partial charge in [-0.25, -0.2) is 4.39 Å². The highest BCUT2D eigenvalue weighted by Gasteiger charge is 2.39. The predicted molar refractivity (Wildman–Crippen MR) is 116 cm³/mol. The lowest BCUT2D eigenvalue weighted by Gasteiger charge is -2.37. The Morgan fingerprint density at radius 1 is 1.00 bits per heavy atom. The summed E-state index contributed by atoms with van der Waals surface area (Å²) < 4.78 is 13.8. The number of carbonyl (C=O) groups excluding carboxylic acids is 2. The van der Waals surface area contributed by atoms with Crippen LogP contribution in [0.3, 0.4) is 0 Å². The fourth-order valence-electron chi connectivity index (χ4n) is 3.49.